The van der Waals surface area contributed by atoms with Crippen molar-refractivity contribution in [3.63, 3.8) is 0 Å². The molecule has 0 amide bonds. The van der Waals surface area contributed by atoms with Crippen LogP contribution in [0.15, 0.2) is 30.7 Å². The molecule has 0 unspecified atom stereocenters. The van der Waals surface area contributed by atoms with Crippen LogP contribution in [0.3, 0.4) is 0 Å². The summed E-state index contributed by atoms with van der Waals surface area (Å²) < 4.78 is 10.2. The Labute approximate surface area is 204 Å². The fourth-order valence-electron chi connectivity index (χ4n) is 2.24. The van der Waals surface area contributed by atoms with E-state index in [1.807, 2.05) is 20.8 Å². The Morgan fingerprint density at radius 3 is 1.74 bits per heavy atom. The molecule has 2 rings (SSSR count). The van der Waals surface area contributed by atoms with E-state index in [9.17, 15) is 9.59 Å². The highest BCUT2D eigenvalue weighted by atomic mass is 16.5. The third-order valence-corrected chi connectivity index (χ3v) is 4.46. The van der Waals surface area contributed by atoms with Crippen LogP contribution in [0, 0.1) is 0 Å². The molecule has 0 aromatic carbocycles. The fourth-order valence-corrected chi connectivity index (χ4v) is 2.24. The van der Waals surface area contributed by atoms with E-state index in [4.69, 9.17) is 25.6 Å². The summed E-state index contributed by atoms with van der Waals surface area (Å²) in [6.07, 6.45) is 4.17. The lowest BCUT2D eigenvalue weighted by molar-refractivity contribution is -0.137. The van der Waals surface area contributed by atoms with E-state index in [2.05, 4.69) is 40.5 Å². The maximum atomic E-state index is 11.4. The molecule has 0 fully saturated rings. The van der Waals surface area contributed by atoms with E-state index >= 15 is 0 Å². The number of carboxylic acid groups (broad SMARTS) is 1. The van der Waals surface area contributed by atoms with Gasteiger partial charge in [-0.15, -0.1) is 0 Å². The number of nitrogens with zero attached hydrogens (tertiary/aromatic N) is 10. The minimum atomic E-state index is -0.784. The van der Waals surface area contributed by atoms with Crippen LogP contribution < -0.4 is 0 Å². The van der Waals surface area contributed by atoms with Gasteiger partial charge in [0.15, 0.2) is 11.3 Å². The zero-order valence-electron chi connectivity index (χ0n) is 20.7. The molecular formula is C20H36N10O5. The van der Waals surface area contributed by atoms with E-state index in [0.717, 1.165) is 13.0 Å². The summed E-state index contributed by atoms with van der Waals surface area (Å²) in [7, 11) is 0. The molecule has 2 aliphatic heterocycles. The largest absolute Gasteiger partial charge is 0.481 e. The third-order valence-electron chi connectivity index (χ3n) is 4.46. The molecule has 0 aromatic rings. The maximum Gasteiger partial charge on any atom is 0.303 e. The SMILES string of the molecule is CC1(CCC(=O)CCCOCCN=[N+]=[N-])N=N1.CC1(CCC(=O)O)N=N1.CCCOCCN=[N+]=[N-]. The molecule has 0 aromatic heterocycles. The molecule has 0 radical (unpaired) electrons. The number of hydrogen-bond donors (Lipinski definition) is 1. The van der Waals surface area contributed by atoms with Gasteiger partial charge in [0.05, 0.1) is 13.2 Å². The number of aliphatic carboxylic acids is 1. The summed E-state index contributed by atoms with van der Waals surface area (Å²) >= 11 is 0. The van der Waals surface area contributed by atoms with Gasteiger partial charge in [0.1, 0.15) is 5.78 Å². The lowest BCUT2D eigenvalue weighted by Gasteiger charge is -2.04. The van der Waals surface area contributed by atoms with Crippen molar-refractivity contribution in [3.05, 3.63) is 20.9 Å². The Bertz CT molecular complexity index is 779. The molecule has 35 heavy (non-hydrogen) atoms. The van der Waals surface area contributed by atoms with E-state index in [-0.39, 0.29) is 23.5 Å². The molecule has 0 atom stereocenters. The van der Waals surface area contributed by atoms with Crippen LogP contribution in [0.25, 0.3) is 20.9 Å². The Morgan fingerprint density at radius 1 is 0.829 bits per heavy atom. The quantitative estimate of drug-likeness (QED) is 0.114. The van der Waals surface area contributed by atoms with Gasteiger partial charge in [-0.05, 0) is 37.8 Å². The minimum Gasteiger partial charge on any atom is -0.481 e. The van der Waals surface area contributed by atoms with Crippen molar-refractivity contribution in [1.29, 1.82) is 0 Å². The Morgan fingerprint density at radius 2 is 1.31 bits per heavy atom. The number of carbonyl (C=O) groups is 2. The van der Waals surface area contributed by atoms with E-state index < -0.39 is 5.97 Å². The van der Waals surface area contributed by atoms with Crippen LogP contribution >= 0.6 is 0 Å². The molecular weight excluding hydrogens is 460 g/mol. The van der Waals surface area contributed by atoms with Gasteiger partial charge in [-0.25, -0.2) is 0 Å². The summed E-state index contributed by atoms with van der Waals surface area (Å²) in [4.78, 5) is 26.6. The van der Waals surface area contributed by atoms with Gasteiger partial charge in [0.25, 0.3) is 0 Å². The first kappa shape index (κ1) is 31.9. The van der Waals surface area contributed by atoms with Gasteiger partial charge in [-0.2, -0.15) is 20.5 Å². The number of Topliss-reactive ketones (excluding diaryl/α,β-unsaturated/α-hetero) is 1. The zero-order chi connectivity index (χ0) is 26.4. The fraction of sp³-hybridized carbons (Fsp3) is 0.900. The first-order valence-electron chi connectivity index (χ1n) is 11.5. The van der Waals surface area contributed by atoms with Gasteiger partial charge in [-0.3, -0.25) is 9.59 Å². The van der Waals surface area contributed by atoms with Crippen LogP contribution in [0.2, 0.25) is 0 Å². The van der Waals surface area contributed by atoms with Gasteiger partial charge in [0.2, 0.25) is 0 Å². The first-order chi connectivity index (χ1) is 16.7. The second-order valence-corrected chi connectivity index (χ2v) is 8.00. The highest BCUT2D eigenvalue weighted by Gasteiger charge is 2.34. The lowest BCUT2D eigenvalue weighted by Crippen LogP contribution is -2.09. The van der Waals surface area contributed by atoms with Crippen molar-refractivity contribution in [2.45, 2.75) is 77.0 Å². The summed E-state index contributed by atoms with van der Waals surface area (Å²) in [6.45, 7) is 8.77. The van der Waals surface area contributed by atoms with Gasteiger partial charge in [0, 0.05) is 68.2 Å². The Kier molecular flexibility index (Phi) is 17.5. The zero-order valence-corrected chi connectivity index (χ0v) is 20.7. The van der Waals surface area contributed by atoms with Gasteiger partial charge < -0.3 is 14.6 Å². The van der Waals surface area contributed by atoms with Gasteiger partial charge in [-0.1, -0.05) is 17.2 Å². The van der Waals surface area contributed by atoms with Crippen LogP contribution in [0.5, 0.6) is 0 Å². The highest BCUT2D eigenvalue weighted by Crippen LogP contribution is 2.32. The predicted octanol–water partition coefficient (Wildman–Crippen LogP) is 5.38. The number of rotatable bonds is 18. The number of carbonyl (C=O) groups excluding carboxylic acids is 1. The molecule has 2 aliphatic rings. The maximum absolute atomic E-state index is 11.4. The Balaban J connectivity index is 0.000000543. The monoisotopic (exact) mass is 496 g/mol. The van der Waals surface area contributed by atoms with Crippen molar-refractivity contribution >= 4 is 11.8 Å². The van der Waals surface area contributed by atoms with Crippen molar-refractivity contribution < 1.29 is 24.2 Å². The van der Waals surface area contributed by atoms with Crippen molar-refractivity contribution in [1.82, 2.24) is 0 Å². The average Bonchev–Trinajstić information content (AvgIpc) is 3.76. The molecule has 0 saturated heterocycles. The number of azide groups is 2. The second-order valence-electron chi connectivity index (χ2n) is 8.00. The molecule has 196 valence electrons. The standard InChI is InChI=1S/C10H17N5O2.C5H11N3O.C5H8N2O2/c1-10(13-14-10)5-4-9(16)3-2-7-17-8-6-12-15-11;1-2-4-9-5-3-7-8-6;1-5(6-7-5)3-2-4(8)9/h2-8H2,1H3;2-5H2,1H3;2-3H2,1H3,(H,8,9). The predicted molar refractivity (Wildman–Crippen MR) is 127 cm³/mol. The van der Waals surface area contributed by atoms with Crippen LogP contribution in [0.4, 0.5) is 0 Å². The molecule has 0 bridgehead atoms. The lowest BCUT2D eigenvalue weighted by atomic mass is 10.1. The van der Waals surface area contributed by atoms with Gasteiger partial charge >= 0.3 is 5.97 Å². The first-order valence-corrected chi connectivity index (χ1v) is 11.5. The smallest absolute Gasteiger partial charge is 0.303 e. The van der Waals surface area contributed by atoms with Crippen LogP contribution in [0.1, 0.15) is 65.7 Å². The number of carboxylic acids is 1. The number of ether oxygens (including phenoxy) is 2. The van der Waals surface area contributed by atoms with E-state index in [0.29, 0.717) is 65.0 Å². The highest BCUT2D eigenvalue weighted by molar-refractivity contribution is 5.78. The molecule has 1 N–H and O–H groups in total. The normalized spacial score (nSPS) is 14.7. The summed E-state index contributed by atoms with van der Waals surface area (Å²) in [5.41, 5.74) is 15.2. The summed E-state index contributed by atoms with van der Waals surface area (Å²) in [5, 5.41) is 29.9. The topological polar surface area (TPSA) is 220 Å². The number of hydrogen-bond acceptors (Lipinski definition) is 10. The molecule has 0 aliphatic carbocycles. The van der Waals surface area contributed by atoms with Crippen molar-refractivity contribution in [2.24, 2.45) is 30.7 Å². The molecule has 0 saturated carbocycles. The van der Waals surface area contributed by atoms with Crippen LogP contribution in [-0.2, 0) is 19.1 Å². The van der Waals surface area contributed by atoms with Crippen LogP contribution in [-0.4, -0.2) is 67.7 Å². The number of ketones is 1. The molecule has 15 nitrogen and oxygen atoms in total. The second kappa shape index (κ2) is 19.2. The third kappa shape index (κ3) is 22.4. The minimum absolute atomic E-state index is 0.156. The average molecular weight is 497 g/mol. The van der Waals surface area contributed by atoms with E-state index in [1.165, 1.54) is 0 Å². The molecule has 0 spiro atoms. The Hall–Kier alpha value is -3.12. The summed E-state index contributed by atoms with van der Waals surface area (Å²) in [6, 6.07) is 0. The van der Waals surface area contributed by atoms with Crippen molar-refractivity contribution in [3.8, 4) is 0 Å². The van der Waals surface area contributed by atoms with Crippen molar-refractivity contribution in [2.75, 3.05) is 39.5 Å². The van der Waals surface area contributed by atoms with E-state index in [1.54, 1.807) is 0 Å². The molecule has 15 heteroatoms. The molecule has 2 heterocycles. The summed E-state index contributed by atoms with van der Waals surface area (Å²) in [5.74, 6) is -0.560.